The van der Waals surface area contributed by atoms with Crippen molar-refractivity contribution in [3.05, 3.63) is 0 Å². The lowest BCUT2D eigenvalue weighted by molar-refractivity contribution is -0.926. The van der Waals surface area contributed by atoms with Gasteiger partial charge in [-0.15, -0.1) is 0 Å². The lowest BCUT2D eigenvalue weighted by atomic mass is 10.1. The van der Waals surface area contributed by atoms with Crippen LogP contribution in [0.4, 0.5) is 0 Å². The first-order valence-corrected chi connectivity index (χ1v) is 21.6. The molecule has 0 aromatic heterocycles. The van der Waals surface area contributed by atoms with E-state index in [1.165, 1.54) is 225 Å². The molecule has 0 bridgehead atoms. The quantitative estimate of drug-likeness (QED) is 0.0471. The van der Waals surface area contributed by atoms with Crippen molar-refractivity contribution in [2.45, 2.75) is 172 Å². The van der Waals surface area contributed by atoms with Gasteiger partial charge in [-0.3, -0.25) is 0 Å². The van der Waals surface area contributed by atoms with Crippen molar-refractivity contribution in [3.63, 3.8) is 0 Å². The maximum atomic E-state index is 2.45. The summed E-state index contributed by atoms with van der Waals surface area (Å²) in [6, 6.07) is 0. The molecule has 4 heteroatoms. The van der Waals surface area contributed by atoms with Crippen molar-refractivity contribution < 1.29 is 17.9 Å². The van der Waals surface area contributed by atoms with Gasteiger partial charge in [0.05, 0.1) is 105 Å². The molecule has 0 atom stereocenters. The van der Waals surface area contributed by atoms with Crippen LogP contribution in [0.1, 0.15) is 172 Å². The minimum Gasteiger partial charge on any atom is -0.324 e. The molecule has 46 heavy (non-hydrogen) atoms. The molecule has 0 aliphatic rings. The van der Waals surface area contributed by atoms with Gasteiger partial charge >= 0.3 is 0 Å². The lowest BCUT2D eigenvalue weighted by Gasteiger charge is -2.38. The third-order valence-electron chi connectivity index (χ3n) is 13.8. The number of nitrogens with zero attached hydrogens (tertiary/aromatic N) is 4. The van der Waals surface area contributed by atoms with E-state index in [-0.39, 0.29) is 0 Å². The number of quaternary nitrogens is 4. The molecule has 0 fully saturated rings. The van der Waals surface area contributed by atoms with Crippen LogP contribution in [0.15, 0.2) is 0 Å². The Labute approximate surface area is 294 Å². The first-order chi connectivity index (χ1) is 22.2. The first-order valence-electron chi connectivity index (χ1n) is 21.6. The van der Waals surface area contributed by atoms with Crippen LogP contribution in [-0.4, -0.2) is 123 Å². The van der Waals surface area contributed by atoms with Gasteiger partial charge in [-0.25, -0.2) is 0 Å². The Kier molecular flexibility index (Phi) is 27.5. The Bertz CT molecular complexity index is 574. The summed E-state index contributed by atoms with van der Waals surface area (Å²) in [4.78, 5) is 0. The SMILES string of the molecule is CC[N+](CC)(CC)CCCCCCCC[N+](CC)(CC)CCCCCC[N+](CC)(CC)CCCCCCCC[N+](CC)(CC)CC. The van der Waals surface area contributed by atoms with E-state index in [2.05, 4.69) is 69.2 Å². The largest absolute Gasteiger partial charge is 0.324 e. The van der Waals surface area contributed by atoms with Crippen LogP contribution in [0.5, 0.6) is 0 Å². The van der Waals surface area contributed by atoms with Gasteiger partial charge in [0.15, 0.2) is 0 Å². The van der Waals surface area contributed by atoms with Gasteiger partial charge in [0.25, 0.3) is 0 Å². The summed E-state index contributed by atoms with van der Waals surface area (Å²) in [7, 11) is 0. The molecule has 0 saturated carbocycles. The highest BCUT2D eigenvalue weighted by molar-refractivity contribution is 4.53. The van der Waals surface area contributed by atoms with E-state index >= 15 is 0 Å². The second-order valence-electron chi connectivity index (χ2n) is 15.5. The zero-order chi connectivity index (χ0) is 34.6. The average Bonchev–Trinajstić information content (AvgIpc) is 3.10. The predicted molar refractivity (Wildman–Crippen MR) is 210 cm³/mol. The van der Waals surface area contributed by atoms with Crippen molar-refractivity contribution in [1.82, 2.24) is 0 Å². The second kappa shape index (κ2) is 27.6. The highest BCUT2D eigenvalue weighted by atomic mass is 15.4. The Balaban J connectivity index is 4.20. The van der Waals surface area contributed by atoms with Gasteiger partial charge in [0, 0.05) is 0 Å². The molecule has 0 rings (SSSR count). The van der Waals surface area contributed by atoms with Crippen molar-refractivity contribution in [2.75, 3.05) is 105 Å². The molecule has 0 aliphatic carbocycles. The summed E-state index contributed by atoms with van der Waals surface area (Å²) in [5.74, 6) is 0. The summed E-state index contributed by atoms with van der Waals surface area (Å²) in [6.45, 7) is 45.6. The molecular formula is C42H94N4+4. The third-order valence-corrected chi connectivity index (χ3v) is 13.8. The van der Waals surface area contributed by atoms with E-state index in [1.807, 2.05) is 0 Å². The fourth-order valence-electron chi connectivity index (χ4n) is 8.68. The van der Waals surface area contributed by atoms with Gasteiger partial charge in [-0.05, 0) is 146 Å². The summed E-state index contributed by atoms with van der Waals surface area (Å²) in [6.07, 6.45) is 23.0. The normalized spacial score (nSPS) is 13.2. The fourth-order valence-corrected chi connectivity index (χ4v) is 8.68. The average molecular weight is 655 g/mol. The number of unbranched alkanes of at least 4 members (excludes halogenated alkanes) is 13. The smallest absolute Gasteiger partial charge is 0.0786 e. The van der Waals surface area contributed by atoms with Gasteiger partial charge < -0.3 is 17.9 Å². The van der Waals surface area contributed by atoms with Crippen LogP contribution in [0.3, 0.4) is 0 Å². The zero-order valence-electron chi connectivity index (χ0n) is 34.4. The van der Waals surface area contributed by atoms with Crippen molar-refractivity contribution >= 4 is 0 Å². The first kappa shape index (κ1) is 45.8. The monoisotopic (exact) mass is 655 g/mol. The Hall–Kier alpha value is -0.160. The standard InChI is InChI=1S/C42H94N4/c1-11-43(12-2,13-3)37-31-25-21-23-27-33-39-45(17-7,18-8)41-35-29-30-36-42-46(19-9,20-10)40-34-28-24-22-26-32-38-44(14-4,15-5)16-6/h11-42H2,1-10H3/q+4. The minimum absolute atomic E-state index is 1.30. The van der Waals surface area contributed by atoms with Gasteiger partial charge in [0.2, 0.25) is 0 Å². The van der Waals surface area contributed by atoms with Crippen LogP contribution >= 0.6 is 0 Å². The van der Waals surface area contributed by atoms with E-state index in [0.29, 0.717) is 0 Å². The van der Waals surface area contributed by atoms with Gasteiger partial charge in [-0.2, -0.15) is 0 Å². The van der Waals surface area contributed by atoms with Crippen LogP contribution in [0, 0.1) is 0 Å². The van der Waals surface area contributed by atoms with Crippen LogP contribution in [-0.2, 0) is 0 Å². The fraction of sp³-hybridized carbons (Fsp3) is 1.00. The number of hydrogen-bond donors (Lipinski definition) is 0. The molecule has 0 aliphatic heterocycles. The Morgan fingerprint density at radius 1 is 0.174 bits per heavy atom. The van der Waals surface area contributed by atoms with E-state index in [9.17, 15) is 0 Å². The van der Waals surface area contributed by atoms with Crippen LogP contribution < -0.4 is 0 Å². The van der Waals surface area contributed by atoms with Gasteiger partial charge in [-0.1, -0.05) is 25.7 Å². The van der Waals surface area contributed by atoms with E-state index in [4.69, 9.17) is 0 Å². The van der Waals surface area contributed by atoms with Crippen molar-refractivity contribution in [3.8, 4) is 0 Å². The van der Waals surface area contributed by atoms with E-state index < -0.39 is 0 Å². The summed E-state index contributed by atoms with van der Waals surface area (Å²) < 4.78 is 5.37. The Morgan fingerprint density at radius 2 is 0.304 bits per heavy atom. The lowest BCUT2D eigenvalue weighted by Crippen LogP contribution is -2.49. The predicted octanol–water partition coefficient (Wildman–Crippen LogP) is 10.7. The highest BCUT2D eigenvalue weighted by Gasteiger charge is 2.24. The molecule has 0 amide bonds. The van der Waals surface area contributed by atoms with Crippen molar-refractivity contribution in [2.24, 2.45) is 0 Å². The summed E-state index contributed by atoms with van der Waals surface area (Å²) in [5.41, 5.74) is 0. The highest BCUT2D eigenvalue weighted by Crippen LogP contribution is 2.18. The number of hydrogen-bond acceptors (Lipinski definition) is 0. The van der Waals surface area contributed by atoms with Gasteiger partial charge in [0.1, 0.15) is 0 Å². The molecule has 0 unspecified atom stereocenters. The summed E-state index contributed by atoms with van der Waals surface area (Å²) in [5, 5.41) is 0. The molecule has 4 nitrogen and oxygen atoms in total. The van der Waals surface area contributed by atoms with Crippen LogP contribution in [0.25, 0.3) is 0 Å². The molecule has 0 saturated heterocycles. The minimum atomic E-state index is 1.30. The maximum Gasteiger partial charge on any atom is 0.0786 e. The van der Waals surface area contributed by atoms with Crippen molar-refractivity contribution in [1.29, 1.82) is 0 Å². The Morgan fingerprint density at radius 3 is 0.457 bits per heavy atom. The molecule has 0 N–H and O–H groups in total. The number of rotatable bonds is 35. The zero-order valence-corrected chi connectivity index (χ0v) is 34.4. The molecule has 0 heterocycles. The molecule has 278 valence electrons. The summed E-state index contributed by atoms with van der Waals surface area (Å²) >= 11 is 0. The second-order valence-corrected chi connectivity index (χ2v) is 15.5. The molecule has 0 aromatic carbocycles. The third kappa shape index (κ3) is 18.0. The van der Waals surface area contributed by atoms with E-state index in [0.717, 1.165) is 0 Å². The molecule has 0 aromatic rings. The maximum absolute atomic E-state index is 2.45. The molecular weight excluding hydrogens is 560 g/mol. The topological polar surface area (TPSA) is 0 Å². The molecule has 0 spiro atoms. The van der Waals surface area contributed by atoms with Crippen LogP contribution in [0.2, 0.25) is 0 Å². The molecule has 0 radical (unpaired) electrons. The van der Waals surface area contributed by atoms with E-state index in [1.54, 1.807) is 0 Å².